The fraction of sp³-hybridized carbons (Fsp3) is 0.500. The molecule has 2 aliphatic heterocycles. The van der Waals surface area contributed by atoms with E-state index in [0.717, 1.165) is 31.4 Å². The first-order chi connectivity index (χ1) is 10.3. The number of fused-ring (bicyclic) bond motifs is 1. The summed E-state index contributed by atoms with van der Waals surface area (Å²) in [4.78, 5) is 26.2. The summed E-state index contributed by atoms with van der Waals surface area (Å²) in [6.07, 6.45) is 4.61. The first-order valence-corrected chi connectivity index (χ1v) is 7.69. The van der Waals surface area contributed by atoms with Crippen LogP contribution in [0.2, 0.25) is 0 Å². The van der Waals surface area contributed by atoms with Crippen LogP contribution in [0, 0.1) is 0 Å². The summed E-state index contributed by atoms with van der Waals surface area (Å²) in [6.45, 7) is 1.41. The number of benzene rings is 1. The van der Waals surface area contributed by atoms with Gasteiger partial charge in [-0.2, -0.15) is 0 Å². The lowest BCUT2D eigenvalue weighted by atomic mass is 10.0. The van der Waals surface area contributed by atoms with E-state index in [9.17, 15) is 9.59 Å². The highest BCUT2D eigenvalue weighted by atomic mass is 16.2. The Balaban J connectivity index is 1.72. The molecule has 2 heterocycles. The third kappa shape index (κ3) is 3.01. The Morgan fingerprint density at radius 1 is 1.24 bits per heavy atom. The van der Waals surface area contributed by atoms with Gasteiger partial charge in [0.05, 0.1) is 0 Å². The summed E-state index contributed by atoms with van der Waals surface area (Å²) >= 11 is 0. The highest BCUT2D eigenvalue weighted by Crippen LogP contribution is 2.26. The molecule has 112 valence electrons. The Hall–Kier alpha value is -2.04. The topological polar surface area (TPSA) is 61.4 Å². The zero-order valence-corrected chi connectivity index (χ0v) is 12.1. The molecule has 3 amide bonds. The number of nitrogens with one attached hydrogen (secondary N) is 2. The Bertz CT molecular complexity index is 544. The summed E-state index contributed by atoms with van der Waals surface area (Å²) < 4.78 is 0. The van der Waals surface area contributed by atoms with Crippen LogP contribution in [0.5, 0.6) is 0 Å². The monoisotopic (exact) mass is 287 g/mol. The van der Waals surface area contributed by atoms with Gasteiger partial charge in [-0.3, -0.25) is 9.69 Å². The van der Waals surface area contributed by atoms with Crippen molar-refractivity contribution in [3.8, 4) is 0 Å². The molecule has 0 radical (unpaired) electrons. The fourth-order valence-corrected chi connectivity index (χ4v) is 3.05. The molecule has 1 fully saturated rings. The van der Waals surface area contributed by atoms with Crippen LogP contribution in [0.15, 0.2) is 24.3 Å². The SMILES string of the molecule is O=C1NCCCC[C@@H]1NC(=O)N1CCCc2ccccc21. The third-order valence-electron chi connectivity index (χ3n) is 4.19. The van der Waals surface area contributed by atoms with E-state index in [1.165, 1.54) is 5.56 Å². The van der Waals surface area contributed by atoms with E-state index < -0.39 is 6.04 Å². The minimum absolute atomic E-state index is 0.0638. The van der Waals surface area contributed by atoms with Crippen molar-refractivity contribution in [2.75, 3.05) is 18.0 Å². The van der Waals surface area contributed by atoms with Crippen LogP contribution in [0.3, 0.4) is 0 Å². The summed E-state index contributed by atoms with van der Waals surface area (Å²) in [6, 6.07) is 7.41. The number of nitrogens with zero attached hydrogens (tertiary/aromatic N) is 1. The van der Waals surface area contributed by atoms with Crippen LogP contribution in [0.25, 0.3) is 0 Å². The highest BCUT2D eigenvalue weighted by Gasteiger charge is 2.27. The number of hydrogen-bond acceptors (Lipinski definition) is 2. The number of anilines is 1. The molecule has 1 aromatic carbocycles. The van der Waals surface area contributed by atoms with Gasteiger partial charge in [-0.05, 0) is 43.7 Å². The van der Waals surface area contributed by atoms with Crippen LogP contribution >= 0.6 is 0 Å². The predicted molar refractivity (Wildman–Crippen MR) is 81.3 cm³/mol. The van der Waals surface area contributed by atoms with Gasteiger partial charge in [0.2, 0.25) is 5.91 Å². The Morgan fingerprint density at radius 2 is 2.10 bits per heavy atom. The largest absolute Gasteiger partial charge is 0.354 e. The molecule has 2 aliphatic rings. The lowest BCUT2D eigenvalue weighted by Gasteiger charge is -2.30. The molecule has 1 aromatic rings. The third-order valence-corrected chi connectivity index (χ3v) is 4.19. The zero-order valence-electron chi connectivity index (χ0n) is 12.1. The molecule has 1 atom stereocenters. The number of aryl methyl sites for hydroxylation is 1. The maximum Gasteiger partial charge on any atom is 0.322 e. The van der Waals surface area contributed by atoms with Gasteiger partial charge in [-0.25, -0.2) is 4.79 Å². The van der Waals surface area contributed by atoms with Crippen LogP contribution in [-0.2, 0) is 11.2 Å². The first-order valence-electron chi connectivity index (χ1n) is 7.69. The average molecular weight is 287 g/mol. The molecule has 2 N–H and O–H groups in total. The Morgan fingerprint density at radius 3 is 3.00 bits per heavy atom. The van der Waals surface area contributed by atoms with Gasteiger partial charge in [-0.1, -0.05) is 18.2 Å². The quantitative estimate of drug-likeness (QED) is 0.827. The summed E-state index contributed by atoms with van der Waals surface area (Å²) in [5.41, 5.74) is 2.17. The number of amides is 3. The first kappa shape index (κ1) is 13.9. The number of urea groups is 1. The second-order valence-electron chi connectivity index (χ2n) is 5.67. The molecular formula is C16H21N3O2. The van der Waals surface area contributed by atoms with E-state index in [0.29, 0.717) is 19.5 Å². The lowest BCUT2D eigenvalue weighted by molar-refractivity contribution is -0.122. The smallest absolute Gasteiger partial charge is 0.322 e. The highest BCUT2D eigenvalue weighted by molar-refractivity contribution is 5.96. The predicted octanol–water partition coefficient (Wildman–Crippen LogP) is 1.82. The molecule has 0 spiro atoms. The normalized spacial score (nSPS) is 22.0. The van der Waals surface area contributed by atoms with Crippen molar-refractivity contribution in [1.82, 2.24) is 10.6 Å². The average Bonchev–Trinajstić information content (AvgIpc) is 2.71. The van der Waals surface area contributed by atoms with E-state index in [-0.39, 0.29) is 11.9 Å². The van der Waals surface area contributed by atoms with Gasteiger partial charge >= 0.3 is 6.03 Å². The van der Waals surface area contributed by atoms with Gasteiger partial charge in [0.25, 0.3) is 0 Å². The zero-order chi connectivity index (χ0) is 14.7. The number of carbonyl (C=O) groups excluding carboxylic acids is 2. The van der Waals surface area contributed by atoms with Gasteiger partial charge < -0.3 is 10.6 Å². The number of para-hydroxylation sites is 1. The van der Waals surface area contributed by atoms with Gasteiger partial charge in [0.15, 0.2) is 0 Å². The van der Waals surface area contributed by atoms with E-state index in [1.54, 1.807) is 4.90 Å². The fourth-order valence-electron chi connectivity index (χ4n) is 3.05. The summed E-state index contributed by atoms with van der Waals surface area (Å²) in [7, 11) is 0. The van der Waals surface area contributed by atoms with Crippen LogP contribution < -0.4 is 15.5 Å². The van der Waals surface area contributed by atoms with Crippen LogP contribution in [-0.4, -0.2) is 31.1 Å². The van der Waals surface area contributed by atoms with Gasteiger partial charge in [0.1, 0.15) is 6.04 Å². The van der Waals surface area contributed by atoms with E-state index in [1.807, 2.05) is 18.2 Å². The second kappa shape index (κ2) is 6.16. The maximum atomic E-state index is 12.5. The Kier molecular flexibility index (Phi) is 4.08. The van der Waals surface area contributed by atoms with E-state index >= 15 is 0 Å². The van der Waals surface area contributed by atoms with Crippen LogP contribution in [0.1, 0.15) is 31.2 Å². The van der Waals surface area contributed by atoms with Gasteiger partial charge in [-0.15, -0.1) is 0 Å². The van der Waals surface area contributed by atoms with Crippen molar-refractivity contribution in [1.29, 1.82) is 0 Å². The van der Waals surface area contributed by atoms with Crippen molar-refractivity contribution in [2.45, 2.75) is 38.1 Å². The minimum Gasteiger partial charge on any atom is -0.354 e. The maximum absolute atomic E-state index is 12.5. The molecule has 0 saturated carbocycles. The lowest BCUT2D eigenvalue weighted by Crippen LogP contribution is -2.51. The molecule has 21 heavy (non-hydrogen) atoms. The summed E-state index contributed by atoms with van der Waals surface area (Å²) in [5, 5.41) is 5.74. The second-order valence-corrected chi connectivity index (χ2v) is 5.67. The molecule has 5 heteroatoms. The number of hydrogen-bond donors (Lipinski definition) is 2. The molecular weight excluding hydrogens is 266 g/mol. The summed E-state index contributed by atoms with van der Waals surface area (Å²) in [5.74, 6) is -0.0638. The molecule has 0 aliphatic carbocycles. The van der Waals surface area contributed by atoms with Crippen molar-refractivity contribution >= 4 is 17.6 Å². The van der Waals surface area contributed by atoms with E-state index in [2.05, 4.69) is 16.7 Å². The standard InChI is InChI=1S/C16H21N3O2/c20-15-13(8-3-4-10-17-15)18-16(21)19-11-5-7-12-6-1-2-9-14(12)19/h1-2,6,9,13H,3-5,7-8,10-11H2,(H,17,20)(H,18,21)/t13-/m0/s1. The molecule has 0 bridgehead atoms. The molecule has 5 nitrogen and oxygen atoms in total. The molecule has 0 aromatic heterocycles. The van der Waals surface area contributed by atoms with Gasteiger partial charge in [0, 0.05) is 18.8 Å². The number of rotatable bonds is 1. The Labute approximate surface area is 124 Å². The van der Waals surface area contributed by atoms with Crippen LogP contribution in [0.4, 0.5) is 10.5 Å². The molecule has 3 rings (SSSR count). The molecule has 0 unspecified atom stereocenters. The van der Waals surface area contributed by atoms with Crippen molar-refractivity contribution < 1.29 is 9.59 Å². The number of carbonyl (C=O) groups is 2. The van der Waals surface area contributed by atoms with E-state index in [4.69, 9.17) is 0 Å². The van der Waals surface area contributed by atoms with Crippen molar-refractivity contribution in [3.63, 3.8) is 0 Å². The van der Waals surface area contributed by atoms with Crippen molar-refractivity contribution in [2.24, 2.45) is 0 Å². The minimum atomic E-state index is -0.408. The molecule has 1 saturated heterocycles. The van der Waals surface area contributed by atoms with Crippen molar-refractivity contribution in [3.05, 3.63) is 29.8 Å².